The standard InChI is InChI=1S/C20H26N4O2/c1-3-13-24-18(19(22-23-24)20(25)21-16-9-10-16)6-5-14-26-17-11-7-15(4-2)8-12-17/h3,7-8,11-13,16H,4-6,9-10,14H2,1-2H3,(H,21,25)/b13-3+. The molecule has 0 radical (unpaired) electrons. The Morgan fingerprint density at radius 3 is 2.77 bits per heavy atom. The number of nitrogens with one attached hydrogen (secondary N) is 1. The van der Waals surface area contributed by atoms with Crippen LogP contribution >= 0.6 is 0 Å². The molecule has 1 aliphatic carbocycles. The van der Waals surface area contributed by atoms with Crippen molar-refractivity contribution in [2.24, 2.45) is 0 Å². The van der Waals surface area contributed by atoms with Gasteiger partial charge in [0.25, 0.3) is 5.91 Å². The van der Waals surface area contributed by atoms with E-state index >= 15 is 0 Å². The quantitative estimate of drug-likeness (QED) is 0.702. The number of aromatic nitrogens is 3. The highest BCUT2D eigenvalue weighted by Gasteiger charge is 2.27. The van der Waals surface area contributed by atoms with Gasteiger partial charge in [-0.25, -0.2) is 4.68 Å². The minimum Gasteiger partial charge on any atom is -0.494 e. The molecule has 0 spiro atoms. The average Bonchev–Trinajstić information content (AvgIpc) is 3.38. The molecule has 0 saturated heterocycles. The maximum atomic E-state index is 12.4. The molecule has 0 atom stereocenters. The van der Waals surface area contributed by atoms with Gasteiger partial charge in [-0.05, 0) is 56.7 Å². The normalized spacial score (nSPS) is 13.9. The van der Waals surface area contributed by atoms with Crippen molar-refractivity contribution < 1.29 is 9.53 Å². The molecule has 138 valence electrons. The van der Waals surface area contributed by atoms with Gasteiger partial charge >= 0.3 is 0 Å². The third-order valence-electron chi connectivity index (χ3n) is 4.37. The number of carbonyl (C=O) groups is 1. The van der Waals surface area contributed by atoms with E-state index in [9.17, 15) is 4.79 Å². The number of amides is 1. The molecule has 6 heteroatoms. The van der Waals surface area contributed by atoms with Crippen molar-refractivity contribution in [2.75, 3.05) is 6.61 Å². The van der Waals surface area contributed by atoms with E-state index in [0.717, 1.165) is 37.1 Å². The van der Waals surface area contributed by atoms with E-state index in [2.05, 4.69) is 34.7 Å². The predicted molar refractivity (Wildman–Crippen MR) is 101 cm³/mol. The Labute approximate surface area is 154 Å². The van der Waals surface area contributed by atoms with E-state index in [-0.39, 0.29) is 5.91 Å². The second-order valence-electron chi connectivity index (χ2n) is 6.51. The average molecular weight is 354 g/mol. The summed E-state index contributed by atoms with van der Waals surface area (Å²) >= 11 is 0. The molecule has 1 fully saturated rings. The van der Waals surface area contributed by atoms with Crippen LogP contribution in [0.3, 0.4) is 0 Å². The smallest absolute Gasteiger partial charge is 0.273 e. The summed E-state index contributed by atoms with van der Waals surface area (Å²) in [6.45, 7) is 4.63. The molecule has 1 heterocycles. The van der Waals surface area contributed by atoms with Gasteiger partial charge in [-0.1, -0.05) is 30.3 Å². The maximum absolute atomic E-state index is 12.4. The van der Waals surface area contributed by atoms with Crippen molar-refractivity contribution in [2.45, 2.75) is 52.0 Å². The lowest BCUT2D eigenvalue weighted by molar-refractivity contribution is 0.0945. The SMILES string of the molecule is C/C=C/n1nnc(C(=O)NC2CC2)c1CCCOc1ccc(CC)cc1. The molecule has 0 aliphatic heterocycles. The summed E-state index contributed by atoms with van der Waals surface area (Å²) in [7, 11) is 0. The first-order valence-corrected chi connectivity index (χ1v) is 9.30. The van der Waals surface area contributed by atoms with Gasteiger partial charge < -0.3 is 10.1 Å². The highest BCUT2D eigenvalue weighted by molar-refractivity contribution is 5.93. The first-order chi connectivity index (χ1) is 12.7. The Morgan fingerprint density at radius 2 is 2.12 bits per heavy atom. The summed E-state index contributed by atoms with van der Waals surface area (Å²) in [6.07, 6.45) is 8.28. The van der Waals surface area contributed by atoms with E-state index in [1.54, 1.807) is 4.68 Å². The van der Waals surface area contributed by atoms with Crippen LogP contribution in [0.2, 0.25) is 0 Å². The molecule has 2 aromatic rings. The molecular formula is C20H26N4O2. The fourth-order valence-corrected chi connectivity index (χ4v) is 2.72. The van der Waals surface area contributed by atoms with Crippen molar-refractivity contribution in [3.05, 3.63) is 47.3 Å². The Morgan fingerprint density at radius 1 is 1.35 bits per heavy atom. The van der Waals surface area contributed by atoms with Crippen LogP contribution < -0.4 is 10.1 Å². The van der Waals surface area contributed by atoms with Gasteiger partial charge in [-0.3, -0.25) is 4.79 Å². The van der Waals surface area contributed by atoms with Crippen LogP contribution in [0.1, 0.15) is 54.9 Å². The number of hydrogen-bond donors (Lipinski definition) is 1. The summed E-state index contributed by atoms with van der Waals surface area (Å²) in [5.41, 5.74) is 2.54. The molecule has 1 amide bonds. The lowest BCUT2D eigenvalue weighted by Gasteiger charge is -2.08. The minimum absolute atomic E-state index is 0.130. The number of ether oxygens (including phenoxy) is 1. The molecule has 3 rings (SSSR count). The third kappa shape index (κ3) is 4.71. The van der Waals surface area contributed by atoms with Crippen molar-refractivity contribution >= 4 is 12.1 Å². The predicted octanol–water partition coefficient (Wildman–Crippen LogP) is 3.23. The number of benzene rings is 1. The van der Waals surface area contributed by atoms with E-state index in [1.165, 1.54) is 5.56 Å². The molecular weight excluding hydrogens is 328 g/mol. The number of rotatable bonds is 9. The van der Waals surface area contributed by atoms with Gasteiger partial charge in [-0.15, -0.1) is 5.10 Å². The van der Waals surface area contributed by atoms with E-state index < -0.39 is 0 Å². The van der Waals surface area contributed by atoms with Crippen LogP contribution in [-0.2, 0) is 12.8 Å². The second kappa shape index (κ2) is 8.65. The van der Waals surface area contributed by atoms with Crippen LogP contribution in [0.25, 0.3) is 6.20 Å². The van der Waals surface area contributed by atoms with Crippen molar-refractivity contribution in [1.82, 2.24) is 20.3 Å². The zero-order chi connectivity index (χ0) is 18.4. The number of nitrogens with zero attached hydrogens (tertiary/aromatic N) is 3. The van der Waals surface area contributed by atoms with Gasteiger partial charge in [0.1, 0.15) is 5.75 Å². The summed E-state index contributed by atoms with van der Waals surface area (Å²) in [4.78, 5) is 12.4. The molecule has 0 bridgehead atoms. The minimum atomic E-state index is -0.130. The number of hydrogen-bond acceptors (Lipinski definition) is 4. The molecule has 0 unspecified atom stereocenters. The summed E-state index contributed by atoms with van der Waals surface area (Å²) in [6, 6.07) is 8.47. The lowest BCUT2D eigenvalue weighted by Crippen LogP contribution is -2.27. The fourth-order valence-electron chi connectivity index (χ4n) is 2.72. The van der Waals surface area contributed by atoms with Gasteiger partial charge in [0, 0.05) is 12.2 Å². The Kier molecular flexibility index (Phi) is 6.04. The maximum Gasteiger partial charge on any atom is 0.273 e. The van der Waals surface area contributed by atoms with Crippen LogP contribution in [0.4, 0.5) is 0 Å². The van der Waals surface area contributed by atoms with E-state index in [1.807, 2.05) is 31.3 Å². The van der Waals surface area contributed by atoms with E-state index in [4.69, 9.17) is 4.74 Å². The van der Waals surface area contributed by atoms with Crippen LogP contribution in [0.5, 0.6) is 5.75 Å². The van der Waals surface area contributed by atoms with Gasteiger partial charge in [0.15, 0.2) is 5.69 Å². The molecule has 1 saturated carbocycles. The first-order valence-electron chi connectivity index (χ1n) is 9.30. The summed E-state index contributed by atoms with van der Waals surface area (Å²) < 4.78 is 7.49. The van der Waals surface area contributed by atoms with Crippen molar-refractivity contribution in [3.63, 3.8) is 0 Å². The summed E-state index contributed by atoms with van der Waals surface area (Å²) in [5, 5.41) is 11.2. The van der Waals surface area contributed by atoms with Crippen molar-refractivity contribution in [1.29, 1.82) is 0 Å². The number of aryl methyl sites for hydroxylation is 1. The lowest BCUT2D eigenvalue weighted by atomic mass is 10.1. The van der Waals surface area contributed by atoms with E-state index in [0.29, 0.717) is 24.8 Å². The second-order valence-corrected chi connectivity index (χ2v) is 6.51. The highest BCUT2D eigenvalue weighted by atomic mass is 16.5. The zero-order valence-corrected chi connectivity index (χ0v) is 15.4. The topological polar surface area (TPSA) is 69.0 Å². The number of allylic oxidation sites excluding steroid dienone is 1. The number of carbonyl (C=O) groups excluding carboxylic acids is 1. The Bertz CT molecular complexity index is 761. The molecule has 26 heavy (non-hydrogen) atoms. The largest absolute Gasteiger partial charge is 0.494 e. The fraction of sp³-hybridized carbons (Fsp3) is 0.450. The Balaban J connectivity index is 1.58. The third-order valence-corrected chi connectivity index (χ3v) is 4.37. The molecule has 1 aromatic carbocycles. The Hall–Kier alpha value is -2.63. The van der Waals surface area contributed by atoms with Crippen LogP contribution in [0.15, 0.2) is 30.3 Å². The first kappa shape index (κ1) is 18.2. The van der Waals surface area contributed by atoms with Crippen LogP contribution in [0, 0.1) is 0 Å². The monoisotopic (exact) mass is 354 g/mol. The van der Waals surface area contributed by atoms with Crippen molar-refractivity contribution in [3.8, 4) is 5.75 Å². The van der Waals surface area contributed by atoms with Gasteiger partial charge in [0.05, 0.1) is 12.3 Å². The molecule has 1 aliphatic rings. The van der Waals surface area contributed by atoms with Crippen LogP contribution in [-0.4, -0.2) is 33.5 Å². The summed E-state index contributed by atoms with van der Waals surface area (Å²) in [5.74, 6) is 0.739. The molecule has 1 aromatic heterocycles. The highest BCUT2D eigenvalue weighted by Crippen LogP contribution is 2.20. The molecule has 6 nitrogen and oxygen atoms in total. The zero-order valence-electron chi connectivity index (χ0n) is 15.4. The molecule has 1 N–H and O–H groups in total. The van der Waals surface area contributed by atoms with Gasteiger partial charge in [-0.2, -0.15) is 0 Å². The van der Waals surface area contributed by atoms with Gasteiger partial charge in [0.2, 0.25) is 0 Å².